The van der Waals surface area contributed by atoms with Gasteiger partial charge in [0.05, 0.1) is 0 Å². The van der Waals surface area contributed by atoms with Gasteiger partial charge < -0.3 is 10.3 Å². The molecule has 2 aromatic carbocycles. The van der Waals surface area contributed by atoms with Crippen LogP contribution >= 0.6 is 0 Å². The maximum Gasteiger partial charge on any atom is 0.253 e. The number of benzene rings is 2. The lowest BCUT2D eigenvalue weighted by Crippen LogP contribution is -2.15. The first kappa shape index (κ1) is 13.4. The summed E-state index contributed by atoms with van der Waals surface area (Å²) in [4.78, 5) is 15.1. The first-order chi connectivity index (χ1) is 10.3. The van der Waals surface area contributed by atoms with Crippen LogP contribution in [0.2, 0.25) is 0 Å². The van der Waals surface area contributed by atoms with Crippen molar-refractivity contribution in [2.24, 2.45) is 0 Å². The van der Waals surface area contributed by atoms with Crippen molar-refractivity contribution in [2.45, 2.75) is 19.9 Å². The fraction of sp³-hybridized carbons (Fsp3) is 0.167. The minimum Gasteiger partial charge on any atom is -0.381 e. The molecule has 106 valence electrons. The van der Waals surface area contributed by atoms with Crippen LogP contribution in [0.3, 0.4) is 0 Å². The molecule has 2 N–H and O–H groups in total. The van der Waals surface area contributed by atoms with Gasteiger partial charge in [0.15, 0.2) is 0 Å². The normalized spacial score (nSPS) is 10.7. The second-order valence-corrected chi connectivity index (χ2v) is 5.12. The average molecular weight is 278 g/mol. The Kier molecular flexibility index (Phi) is 3.73. The van der Waals surface area contributed by atoms with Gasteiger partial charge in [0.25, 0.3) is 5.56 Å². The Morgan fingerprint density at radius 1 is 1.05 bits per heavy atom. The summed E-state index contributed by atoms with van der Waals surface area (Å²) in [6.07, 6.45) is 0.993. The van der Waals surface area contributed by atoms with Crippen LogP contribution in [0.5, 0.6) is 0 Å². The number of hydrogen-bond acceptors (Lipinski definition) is 2. The zero-order chi connectivity index (χ0) is 14.7. The van der Waals surface area contributed by atoms with Gasteiger partial charge in [0, 0.05) is 23.3 Å². The molecule has 0 aliphatic carbocycles. The summed E-state index contributed by atoms with van der Waals surface area (Å²) in [5.41, 5.74) is 3.89. The van der Waals surface area contributed by atoms with Crippen LogP contribution in [0.1, 0.15) is 18.1 Å². The maximum absolute atomic E-state index is 12.1. The lowest BCUT2D eigenvalue weighted by molar-refractivity contribution is 1.09. The van der Waals surface area contributed by atoms with Crippen molar-refractivity contribution in [3.05, 3.63) is 76.1 Å². The van der Waals surface area contributed by atoms with E-state index in [1.807, 2.05) is 42.5 Å². The third-order valence-electron chi connectivity index (χ3n) is 3.65. The molecule has 1 heterocycles. The zero-order valence-corrected chi connectivity index (χ0v) is 12.0. The number of anilines is 1. The van der Waals surface area contributed by atoms with Crippen molar-refractivity contribution in [1.29, 1.82) is 0 Å². The van der Waals surface area contributed by atoms with Crippen LogP contribution < -0.4 is 10.9 Å². The highest BCUT2D eigenvalue weighted by atomic mass is 16.1. The van der Waals surface area contributed by atoms with Gasteiger partial charge in [-0.05, 0) is 47.7 Å². The van der Waals surface area contributed by atoms with Crippen LogP contribution in [-0.4, -0.2) is 4.98 Å². The monoisotopic (exact) mass is 278 g/mol. The largest absolute Gasteiger partial charge is 0.381 e. The molecular weight excluding hydrogens is 260 g/mol. The molecule has 0 unspecified atom stereocenters. The first-order valence-electron chi connectivity index (χ1n) is 7.20. The molecule has 0 aliphatic heterocycles. The van der Waals surface area contributed by atoms with E-state index in [0.717, 1.165) is 28.6 Å². The highest BCUT2D eigenvalue weighted by Gasteiger charge is 2.03. The van der Waals surface area contributed by atoms with Crippen molar-refractivity contribution in [1.82, 2.24) is 4.98 Å². The van der Waals surface area contributed by atoms with Gasteiger partial charge in [-0.2, -0.15) is 0 Å². The summed E-state index contributed by atoms with van der Waals surface area (Å²) in [5, 5.41) is 4.36. The number of rotatable bonds is 4. The Bertz CT molecular complexity index is 806. The summed E-state index contributed by atoms with van der Waals surface area (Å²) in [7, 11) is 0. The number of nitrogens with one attached hydrogen (secondary N) is 2. The first-order valence-corrected chi connectivity index (χ1v) is 7.20. The van der Waals surface area contributed by atoms with E-state index in [9.17, 15) is 4.79 Å². The highest BCUT2D eigenvalue weighted by Crippen LogP contribution is 2.15. The Balaban J connectivity index is 1.91. The van der Waals surface area contributed by atoms with Crippen molar-refractivity contribution in [3.63, 3.8) is 0 Å². The van der Waals surface area contributed by atoms with Crippen LogP contribution in [0.15, 0.2) is 59.4 Å². The molecule has 1 aromatic heterocycles. The number of aromatic amines is 1. The quantitative estimate of drug-likeness (QED) is 0.764. The number of hydrogen-bond donors (Lipinski definition) is 2. The number of aryl methyl sites for hydroxylation is 1. The molecule has 0 bridgehead atoms. The van der Waals surface area contributed by atoms with Gasteiger partial charge in [-0.15, -0.1) is 0 Å². The summed E-state index contributed by atoms with van der Waals surface area (Å²) in [6, 6.07) is 18.0. The van der Waals surface area contributed by atoms with Gasteiger partial charge >= 0.3 is 0 Å². The topological polar surface area (TPSA) is 44.9 Å². The minimum absolute atomic E-state index is 0.0322. The van der Waals surface area contributed by atoms with E-state index >= 15 is 0 Å². The molecular formula is C18H18N2O. The second-order valence-electron chi connectivity index (χ2n) is 5.12. The number of pyridine rings is 1. The zero-order valence-electron chi connectivity index (χ0n) is 12.0. The van der Waals surface area contributed by atoms with Gasteiger partial charge in [-0.1, -0.05) is 31.2 Å². The van der Waals surface area contributed by atoms with Gasteiger partial charge in [0.1, 0.15) is 0 Å². The van der Waals surface area contributed by atoms with Crippen LogP contribution in [0.25, 0.3) is 10.9 Å². The molecule has 0 radical (unpaired) electrons. The highest BCUT2D eigenvalue weighted by molar-refractivity contribution is 5.79. The number of aromatic nitrogens is 1. The minimum atomic E-state index is -0.0322. The summed E-state index contributed by atoms with van der Waals surface area (Å²) in [6.45, 7) is 2.65. The van der Waals surface area contributed by atoms with E-state index in [0.29, 0.717) is 6.54 Å². The van der Waals surface area contributed by atoms with Crippen LogP contribution in [0, 0.1) is 0 Å². The summed E-state index contributed by atoms with van der Waals surface area (Å²) < 4.78 is 0. The third-order valence-corrected chi connectivity index (χ3v) is 3.65. The van der Waals surface area contributed by atoms with E-state index in [-0.39, 0.29) is 5.56 Å². The molecule has 0 atom stereocenters. The van der Waals surface area contributed by atoms with Gasteiger partial charge in [-0.25, -0.2) is 0 Å². The standard InChI is InChI=1S/C18H18N2O/c1-2-13-8-9-17-14(10-13)11-15(18(21)20-17)12-19-16-6-4-3-5-7-16/h3-11,19H,2,12H2,1H3,(H,20,21). The van der Waals surface area contributed by atoms with E-state index in [1.54, 1.807) is 0 Å². The van der Waals surface area contributed by atoms with E-state index in [2.05, 4.69) is 29.4 Å². The average Bonchev–Trinajstić information content (AvgIpc) is 2.53. The number of fused-ring (bicyclic) bond motifs is 1. The van der Waals surface area contributed by atoms with Gasteiger partial charge in [-0.3, -0.25) is 4.79 Å². The predicted molar refractivity (Wildman–Crippen MR) is 87.7 cm³/mol. The van der Waals surface area contributed by atoms with Crippen molar-refractivity contribution in [2.75, 3.05) is 5.32 Å². The van der Waals surface area contributed by atoms with E-state index in [1.165, 1.54) is 5.56 Å². The molecule has 3 nitrogen and oxygen atoms in total. The predicted octanol–water partition coefficient (Wildman–Crippen LogP) is 3.70. The Morgan fingerprint density at radius 2 is 1.86 bits per heavy atom. The molecule has 0 saturated heterocycles. The van der Waals surface area contributed by atoms with Crippen molar-refractivity contribution in [3.8, 4) is 0 Å². The SMILES string of the molecule is CCc1ccc2[nH]c(=O)c(CNc3ccccc3)cc2c1. The van der Waals surface area contributed by atoms with Crippen LogP contribution in [-0.2, 0) is 13.0 Å². The molecule has 0 saturated carbocycles. The fourth-order valence-corrected chi connectivity index (χ4v) is 2.41. The lowest BCUT2D eigenvalue weighted by atomic mass is 10.1. The molecule has 0 aliphatic rings. The van der Waals surface area contributed by atoms with Crippen molar-refractivity contribution < 1.29 is 0 Å². The Labute approximate surface area is 123 Å². The second kappa shape index (κ2) is 5.83. The molecule has 0 amide bonds. The summed E-state index contributed by atoms with van der Waals surface area (Å²) in [5.74, 6) is 0. The number of para-hydroxylation sites is 1. The maximum atomic E-state index is 12.1. The number of H-pyrrole nitrogens is 1. The summed E-state index contributed by atoms with van der Waals surface area (Å²) >= 11 is 0. The van der Waals surface area contributed by atoms with E-state index in [4.69, 9.17) is 0 Å². The molecule has 3 rings (SSSR count). The lowest BCUT2D eigenvalue weighted by Gasteiger charge is -2.07. The van der Waals surface area contributed by atoms with Crippen LogP contribution in [0.4, 0.5) is 5.69 Å². The third kappa shape index (κ3) is 2.97. The van der Waals surface area contributed by atoms with Crippen molar-refractivity contribution >= 4 is 16.6 Å². The van der Waals surface area contributed by atoms with E-state index < -0.39 is 0 Å². The van der Waals surface area contributed by atoms with Gasteiger partial charge in [0.2, 0.25) is 0 Å². The molecule has 21 heavy (non-hydrogen) atoms. The smallest absolute Gasteiger partial charge is 0.253 e. The molecule has 0 spiro atoms. The Hall–Kier alpha value is -2.55. The fourth-order valence-electron chi connectivity index (χ4n) is 2.41. The molecule has 3 heteroatoms. The molecule has 0 fully saturated rings. The Morgan fingerprint density at radius 3 is 2.62 bits per heavy atom. The molecule has 3 aromatic rings.